The van der Waals surface area contributed by atoms with Crippen LogP contribution in [0.5, 0.6) is 5.75 Å². The Bertz CT molecular complexity index is 1390. The number of alkyl halides is 3. The van der Waals surface area contributed by atoms with Crippen LogP contribution in [-0.2, 0) is 22.9 Å². The number of amides is 1. The van der Waals surface area contributed by atoms with Gasteiger partial charge in [0.05, 0.1) is 10.5 Å². The molecule has 5 nitrogen and oxygen atoms in total. The average Bonchev–Trinajstić information content (AvgIpc) is 3.21. The Balaban J connectivity index is 1.65. The second kappa shape index (κ2) is 9.20. The van der Waals surface area contributed by atoms with E-state index in [4.69, 9.17) is 16.3 Å². The average molecular weight is 524 g/mol. The number of rotatable bonds is 5. The molecule has 1 aliphatic heterocycles. The van der Waals surface area contributed by atoms with Crippen LogP contribution < -0.4 is 4.74 Å². The molecule has 184 valence electrons. The van der Waals surface area contributed by atoms with Crippen LogP contribution in [0.2, 0.25) is 5.02 Å². The van der Waals surface area contributed by atoms with E-state index in [1.165, 1.54) is 4.90 Å². The molecule has 35 heavy (non-hydrogen) atoms. The molecule has 0 aromatic heterocycles. The lowest BCUT2D eigenvalue weighted by Crippen LogP contribution is -2.32. The molecular weight excluding hydrogens is 503 g/mol. The monoisotopic (exact) mass is 523 g/mol. The van der Waals surface area contributed by atoms with Crippen LogP contribution in [0.25, 0.3) is 11.1 Å². The molecular formula is C25H21ClF3NO4S. The van der Waals surface area contributed by atoms with Crippen LogP contribution in [-0.4, -0.2) is 37.8 Å². The summed E-state index contributed by atoms with van der Waals surface area (Å²) in [5.74, 6) is -0.950. The van der Waals surface area contributed by atoms with Crippen LogP contribution in [0.3, 0.4) is 0 Å². The summed E-state index contributed by atoms with van der Waals surface area (Å²) in [7, 11) is -3.71. The predicted molar refractivity (Wildman–Crippen MR) is 126 cm³/mol. The van der Waals surface area contributed by atoms with E-state index in [-0.39, 0.29) is 29.3 Å². The van der Waals surface area contributed by atoms with Crippen molar-refractivity contribution in [2.45, 2.75) is 37.2 Å². The lowest BCUT2D eigenvalue weighted by molar-refractivity contribution is -0.189. The summed E-state index contributed by atoms with van der Waals surface area (Å²) in [4.78, 5) is 14.7. The minimum atomic E-state index is -4.65. The zero-order valence-corrected chi connectivity index (χ0v) is 20.3. The molecule has 0 unspecified atom stereocenters. The number of benzene rings is 3. The van der Waals surface area contributed by atoms with Crippen molar-refractivity contribution in [2.75, 3.05) is 6.26 Å². The van der Waals surface area contributed by atoms with Crippen LogP contribution in [0, 0.1) is 0 Å². The molecule has 4 rings (SSSR count). The summed E-state index contributed by atoms with van der Waals surface area (Å²) in [6.07, 6.45) is -5.88. The fraction of sp³-hybridized carbons (Fsp3) is 0.240. The first kappa shape index (κ1) is 25.1. The van der Waals surface area contributed by atoms with Gasteiger partial charge in [-0.1, -0.05) is 35.9 Å². The van der Waals surface area contributed by atoms with Gasteiger partial charge in [-0.15, -0.1) is 0 Å². The van der Waals surface area contributed by atoms with E-state index in [9.17, 15) is 26.4 Å². The first-order valence-electron chi connectivity index (χ1n) is 10.6. The van der Waals surface area contributed by atoms with Gasteiger partial charge in [0.15, 0.2) is 15.9 Å². The van der Waals surface area contributed by atoms with Crippen molar-refractivity contribution >= 4 is 27.3 Å². The predicted octanol–water partition coefficient (Wildman–Crippen LogP) is 5.90. The van der Waals surface area contributed by atoms with Crippen LogP contribution in [0.1, 0.15) is 28.4 Å². The third-order valence-electron chi connectivity index (χ3n) is 5.77. The van der Waals surface area contributed by atoms with Gasteiger partial charge in [-0.2, -0.15) is 13.2 Å². The van der Waals surface area contributed by atoms with Gasteiger partial charge in [0.1, 0.15) is 5.75 Å². The molecule has 0 saturated carbocycles. The first-order chi connectivity index (χ1) is 16.3. The molecule has 1 atom stereocenters. The van der Waals surface area contributed by atoms with Gasteiger partial charge in [-0.05, 0) is 65.6 Å². The van der Waals surface area contributed by atoms with Crippen molar-refractivity contribution in [3.8, 4) is 16.9 Å². The van der Waals surface area contributed by atoms with Gasteiger partial charge in [-0.3, -0.25) is 4.79 Å². The maximum Gasteiger partial charge on any atom is 0.425 e. The highest BCUT2D eigenvalue weighted by Crippen LogP contribution is 2.33. The lowest BCUT2D eigenvalue weighted by Gasteiger charge is -2.22. The highest BCUT2D eigenvalue weighted by atomic mass is 35.5. The minimum absolute atomic E-state index is 0.186. The zero-order valence-electron chi connectivity index (χ0n) is 18.8. The maximum absolute atomic E-state index is 13.4. The Morgan fingerprint density at radius 2 is 1.60 bits per heavy atom. The molecule has 10 heteroatoms. The topological polar surface area (TPSA) is 63.7 Å². The number of carbonyl (C=O) groups is 1. The largest absolute Gasteiger partial charge is 0.480 e. The summed E-state index contributed by atoms with van der Waals surface area (Å²) in [6, 6.07) is 16.3. The minimum Gasteiger partial charge on any atom is -0.480 e. The van der Waals surface area contributed by atoms with Gasteiger partial charge in [0, 0.05) is 24.4 Å². The van der Waals surface area contributed by atoms with E-state index < -0.39 is 28.0 Å². The fourth-order valence-corrected chi connectivity index (χ4v) is 4.57. The van der Waals surface area contributed by atoms with E-state index in [2.05, 4.69) is 0 Å². The van der Waals surface area contributed by atoms with E-state index in [1.807, 2.05) is 30.3 Å². The van der Waals surface area contributed by atoms with E-state index in [0.29, 0.717) is 5.02 Å². The third-order valence-corrected chi connectivity index (χ3v) is 7.13. The molecule has 0 spiro atoms. The molecule has 0 aliphatic carbocycles. The van der Waals surface area contributed by atoms with Crippen LogP contribution in [0.4, 0.5) is 13.2 Å². The van der Waals surface area contributed by atoms with Gasteiger partial charge >= 0.3 is 6.18 Å². The number of sulfone groups is 1. The Morgan fingerprint density at radius 3 is 2.23 bits per heavy atom. The number of carbonyl (C=O) groups excluding carboxylic acids is 1. The maximum atomic E-state index is 13.4. The van der Waals surface area contributed by atoms with Crippen LogP contribution in [0.15, 0.2) is 65.6 Å². The van der Waals surface area contributed by atoms with Gasteiger partial charge in [0.25, 0.3) is 5.91 Å². The number of nitrogens with zero attached hydrogens (tertiary/aromatic N) is 1. The summed E-state index contributed by atoms with van der Waals surface area (Å²) >= 11 is 5.96. The Labute approximate surface area is 206 Å². The number of fused-ring (bicyclic) bond motifs is 1. The van der Waals surface area contributed by atoms with E-state index in [1.54, 1.807) is 12.1 Å². The first-order valence-corrected chi connectivity index (χ1v) is 12.8. The highest BCUT2D eigenvalue weighted by Gasteiger charge is 2.39. The van der Waals surface area contributed by atoms with Crippen molar-refractivity contribution in [3.05, 3.63) is 82.4 Å². The second-order valence-corrected chi connectivity index (χ2v) is 10.8. The van der Waals surface area contributed by atoms with Crippen molar-refractivity contribution in [3.63, 3.8) is 0 Å². The van der Waals surface area contributed by atoms with Crippen LogP contribution >= 0.6 is 11.6 Å². The molecule has 1 amide bonds. The summed E-state index contributed by atoms with van der Waals surface area (Å²) in [5, 5.41) is 0.612. The van der Waals surface area contributed by atoms with Crippen molar-refractivity contribution in [1.82, 2.24) is 4.90 Å². The molecule has 0 N–H and O–H groups in total. The normalized spacial score (nSPS) is 14.5. The summed E-state index contributed by atoms with van der Waals surface area (Å²) < 4.78 is 68.4. The number of halogens is 4. The molecule has 0 fully saturated rings. The Hall–Kier alpha value is -3.04. The van der Waals surface area contributed by atoms with Crippen molar-refractivity contribution in [1.29, 1.82) is 0 Å². The SMILES string of the molecule is C[C@H](Oc1ccc(S(C)(=O)=O)cc1C(=O)N1Cc2ccc(-c3ccc(Cl)cc3)cc2C1)C(F)(F)F. The number of hydrogen-bond acceptors (Lipinski definition) is 4. The van der Waals surface area contributed by atoms with Crippen molar-refractivity contribution in [2.24, 2.45) is 0 Å². The van der Waals surface area contributed by atoms with E-state index >= 15 is 0 Å². The smallest absolute Gasteiger partial charge is 0.425 e. The Morgan fingerprint density at radius 1 is 0.971 bits per heavy atom. The number of ether oxygens (including phenoxy) is 1. The fourth-order valence-electron chi connectivity index (χ4n) is 3.80. The third kappa shape index (κ3) is 5.46. The zero-order chi connectivity index (χ0) is 25.5. The van der Waals surface area contributed by atoms with Gasteiger partial charge < -0.3 is 9.64 Å². The lowest BCUT2D eigenvalue weighted by atomic mass is 10.0. The molecule has 1 heterocycles. The van der Waals surface area contributed by atoms with Gasteiger partial charge in [-0.25, -0.2) is 8.42 Å². The number of hydrogen-bond donors (Lipinski definition) is 0. The molecule has 0 radical (unpaired) electrons. The molecule has 1 aliphatic rings. The summed E-state index contributed by atoms with van der Waals surface area (Å²) in [6.45, 7) is 1.27. The summed E-state index contributed by atoms with van der Waals surface area (Å²) in [5.41, 5.74) is 3.41. The molecule has 3 aromatic carbocycles. The molecule has 0 bridgehead atoms. The standard InChI is InChI=1S/C25H21ClF3NO4S/c1-15(25(27,28)29)34-23-10-9-21(35(2,32)33)12-22(23)24(31)30-13-18-4-3-17(11-19(18)14-30)16-5-7-20(26)8-6-16/h3-12,15H,13-14H2,1-2H3/t15-/m0/s1. The highest BCUT2D eigenvalue weighted by molar-refractivity contribution is 7.90. The molecule has 0 saturated heterocycles. The Kier molecular flexibility index (Phi) is 6.59. The van der Waals surface area contributed by atoms with Crippen molar-refractivity contribution < 1.29 is 31.1 Å². The quantitative estimate of drug-likeness (QED) is 0.418. The van der Waals surface area contributed by atoms with Gasteiger partial charge in [0.2, 0.25) is 0 Å². The molecule has 3 aromatic rings. The second-order valence-electron chi connectivity index (χ2n) is 8.38. The van der Waals surface area contributed by atoms with E-state index in [0.717, 1.165) is 53.6 Å².